The fourth-order valence-corrected chi connectivity index (χ4v) is 3.27. The van der Waals surface area contributed by atoms with Crippen molar-refractivity contribution < 1.29 is 5.11 Å². The van der Waals surface area contributed by atoms with E-state index in [4.69, 9.17) is 5.26 Å². The molecular weight excluding hydrogens is 362 g/mol. The van der Waals surface area contributed by atoms with E-state index in [2.05, 4.69) is 21.3 Å². The highest BCUT2D eigenvalue weighted by molar-refractivity contribution is 5.74. The lowest BCUT2D eigenvalue weighted by Gasteiger charge is -2.16. The van der Waals surface area contributed by atoms with E-state index in [0.29, 0.717) is 16.9 Å². The average molecular weight is 381 g/mol. The zero-order valence-electron chi connectivity index (χ0n) is 16.1. The normalized spacial score (nSPS) is 10.5. The van der Waals surface area contributed by atoms with Gasteiger partial charge in [-0.3, -0.25) is 5.10 Å². The molecule has 0 saturated carbocycles. The van der Waals surface area contributed by atoms with Gasteiger partial charge in [0.15, 0.2) is 5.82 Å². The van der Waals surface area contributed by atoms with Crippen molar-refractivity contribution in [3.63, 3.8) is 0 Å². The number of aryl methyl sites for hydroxylation is 1. The van der Waals surface area contributed by atoms with Crippen LogP contribution < -0.4 is 4.90 Å². The smallest absolute Gasteiger partial charge is 0.156 e. The third kappa shape index (κ3) is 3.54. The maximum atomic E-state index is 10.1. The van der Waals surface area contributed by atoms with Crippen LogP contribution in [0.1, 0.15) is 11.1 Å². The van der Waals surface area contributed by atoms with E-state index in [9.17, 15) is 5.11 Å². The first-order valence-corrected chi connectivity index (χ1v) is 9.11. The maximum absolute atomic E-state index is 10.1. The number of hydrogen-bond acceptors (Lipinski definition) is 5. The summed E-state index contributed by atoms with van der Waals surface area (Å²) in [7, 11) is 1.89. The molecule has 2 N–H and O–H groups in total. The van der Waals surface area contributed by atoms with Crippen molar-refractivity contribution in [2.45, 2.75) is 6.92 Å². The summed E-state index contributed by atoms with van der Waals surface area (Å²) < 4.78 is 0. The summed E-state index contributed by atoms with van der Waals surface area (Å²) in [5.74, 6) is 1.62. The number of aromatic hydroxyl groups is 1. The van der Waals surface area contributed by atoms with Gasteiger partial charge >= 0.3 is 0 Å². The van der Waals surface area contributed by atoms with E-state index in [0.717, 1.165) is 28.2 Å². The first-order chi connectivity index (χ1) is 14.1. The number of phenols is 1. The molecule has 0 atom stereocenters. The highest BCUT2D eigenvalue weighted by Crippen LogP contribution is 2.32. The van der Waals surface area contributed by atoms with Crippen LogP contribution in [0.15, 0.2) is 66.9 Å². The predicted molar refractivity (Wildman–Crippen MR) is 113 cm³/mol. The lowest BCUT2D eigenvalue weighted by molar-refractivity contribution is 0.477. The van der Waals surface area contributed by atoms with Crippen molar-refractivity contribution in [3.8, 4) is 34.2 Å². The number of nitriles is 1. The van der Waals surface area contributed by atoms with Gasteiger partial charge in [-0.2, -0.15) is 10.4 Å². The summed E-state index contributed by atoms with van der Waals surface area (Å²) in [5, 5.41) is 26.5. The molecule has 0 aliphatic carbocycles. The monoisotopic (exact) mass is 381 g/mol. The molecule has 2 aromatic heterocycles. The van der Waals surface area contributed by atoms with E-state index in [-0.39, 0.29) is 5.75 Å². The number of nitrogens with one attached hydrogen (secondary N) is 1. The number of anilines is 2. The van der Waals surface area contributed by atoms with Crippen molar-refractivity contribution in [2.24, 2.45) is 0 Å². The van der Waals surface area contributed by atoms with Gasteiger partial charge in [0.2, 0.25) is 0 Å². The molecule has 4 aromatic rings. The Hall–Kier alpha value is -4.11. The Morgan fingerprint density at radius 2 is 1.83 bits per heavy atom. The van der Waals surface area contributed by atoms with Crippen LogP contribution in [0.25, 0.3) is 22.4 Å². The predicted octanol–water partition coefficient (Wildman–Crippen LogP) is 4.79. The molecule has 4 rings (SSSR count). The third-order valence-electron chi connectivity index (χ3n) is 4.86. The number of pyridine rings is 1. The number of para-hydroxylation sites is 1. The summed E-state index contributed by atoms with van der Waals surface area (Å²) in [6.07, 6.45) is 1.76. The second kappa shape index (κ2) is 7.49. The molecular formula is C23H19N5O. The first kappa shape index (κ1) is 18.3. The van der Waals surface area contributed by atoms with Crippen LogP contribution in [0.5, 0.6) is 5.75 Å². The molecule has 0 fully saturated rings. The summed E-state index contributed by atoms with van der Waals surface area (Å²) in [6, 6.07) is 20.8. The van der Waals surface area contributed by atoms with E-state index in [1.165, 1.54) is 0 Å². The lowest BCUT2D eigenvalue weighted by Crippen LogP contribution is -2.11. The van der Waals surface area contributed by atoms with Crippen molar-refractivity contribution in [1.82, 2.24) is 15.2 Å². The van der Waals surface area contributed by atoms with Gasteiger partial charge in [0.05, 0.1) is 17.3 Å². The topological polar surface area (TPSA) is 88.8 Å². The van der Waals surface area contributed by atoms with Crippen molar-refractivity contribution in [1.29, 1.82) is 5.26 Å². The van der Waals surface area contributed by atoms with Gasteiger partial charge < -0.3 is 10.0 Å². The van der Waals surface area contributed by atoms with Gasteiger partial charge in [0.25, 0.3) is 0 Å². The number of hydrogen-bond donors (Lipinski definition) is 2. The Kier molecular flexibility index (Phi) is 4.71. The van der Waals surface area contributed by atoms with Crippen molar-refractivity contribution in [3.05, 3.63) is 78.0 Å². The van der Waals surface area contributed by atoms with Gasteiger partial charge in [-0.15, -0.1) is 0 Å². The van der Waals surface area contributed by atoms with Gasteiger partial charge in [-0.1, -0.05) is 18.2 Å². The molecule has 6 nitrogen and oxygen atoms in total. The zero-order chi connectivity index (χ0) is 20.4. The Bertz CT molecular complexity index is 1220. The molecule has 0 saturated heterocycles. The summed E-state index contributed by atoms with van der Waals surface area (Å²) >= 11 is 0. The highest BCUT2D eigenvalue weighted by atomic mass is 16.3. The number of phenolic OH excluding ortho intramolecular Hbond substituents is 1. The molecule has 0 aliphatic rings. The molecule has 0 amide bonds. The van der Waals surface area contributed by atoms with Crippen LogP contribution in [-0.4, -0.2) is 27.3 Å². The Morgan fingerprint density at radius 1 is 1.00 bits per heavy atom. The average Bonchev–Trinajstić information content (AvgIpc) is 3.23. The fraction of sp³-hybridized carbons (Fsp3) is 0.0870. The number of rotatable bonds is 4. The second-order valence-corrected chi connectivity index (χ2v) is 6.76. The summed E-state index contributed by atoms with van der Waals surface area (Å²) in [6.45, 7) is 1.99. The zero-order valence-corrected chi connectivity index (χ0v) is 16.1. The summed E-state index contributed by atoms with van der Waals surface area (Å²) in [5.41, 5.74) is 5.16. The van der Waals surface area contributed by atoms with Crippen LogP contribution in [0, 0.1) is 18.3 Å². The van der Waals surface area contributed by atoms with Gasteiger partial charge in [-0.25, -0.2) is 4.98 Å². The Balaban J connectivity index is 1.66. The largest absolute Gasteiger partial charge is 0.507 e. The minimum atomic E-state index is 0.196. The van der Waals surface area contributed by atoms with Crippen molar-refractivity contribution >= 4 is 11.6 Å². The quantitative estimate of drug-likeness (QED) is 0.530. The Labute approximate surface area is 168 Å². The third-order valence-corrected chi connectivity index (χ3v) is 4.86. The molecule has 0 aliphatic heterocycles. The van der Waals surface area contributed by atoms with E-state index >= 15 is 0 Å². The van der Waals surface area contributed by atoms with Gasteiger partial charge in [-0.05, 0) is 60.0 Å². The van der Waals surface area contributed by atoms with Crippen LogP contribution >= 0.6 is 0 Å². The van der Waals surface area contributed by atoms with Crippen LogP contribution in [0.2, 0.25) is 0 Å². The minimum Gasteiger partial charge on any atom is -0.507 e. The molecule has 6 heteroatoms. The number of aromatic nitrogens is 3. The molecule has 0 radical (unpaired) electrons. The first-order valence-electron chi connectivity index (χ1n) is 9.11. The number of aromatic amines is 1. The molecule has 0 bridgehead atoms. The highest BCUT2D eigenvalue weighted by Gasteiger charge is 2.13. The standard InChI is InChI=1S/C23H19N5O/c1-15-11-16(14-24)7-8-18(15)17-9-10-25-22(12-17)28(2)23-13-20(26-27-23)19-5-3-4-6-21(19)29/h3-13,29H,1-2H3,(H,26,27). The Morgan fingerprint density at radius 3 is 2.59 bits per heavy atom. The van der Waals surface area contributed by atoms with Crippen LogP contribution in [-0.2, 0) is 0 Å². The van der Waals surface area contributed by atoms with E-state index < -0.39 is 0 Å². The molecule has 142 valence electrons. The van der Waals surface area contributed by atoms with E-state index in [1.807, 2.05) is 67.4 Å². The second-order valence-electron chi connectivity index (χ2n) is 6.76. The van der Waals surface area contributed by atoms with Crippen molar-refractivity contribution in [2.75, 3.05) is 11.9 Å². The number of benzene rings is 2. The number of nitrogens with zero attached hydrogens (tertiary/aromatic N) is 4. The maximum Gasteiger partial charge on any atom is 0.156 e. The van der Waals surface area contributed by atoms with Gasteiger partial charge in [0, 0.05) is 24.9 Å². The van der Waals surface area contributed by atoms with Crippen LogP contribution in [0.4, 0.5) is 11.6 Å². The summed E-state index contributed by atoms with van der Waals surface area (Å²) in [4.78, 5) is 6.35. The number of H-pyrrole nitrogens is 1. The van der Waals surface area contributed by atoms with Crippen LogP contribution in [0.3, 0.4) is 0 Å². The minimum absolute atomic E-state index is 0.196. The SMILES string of the molecule is Cc1cc(C#N)ccc1-c1ccnc(N(C)c2cc(-c3ccccc3O)[nH]n2)c1. The molecule has 2 heterocycles. The molecule has 0 unspecified atom stereocenters. The fourth-order valence-electron chi connectivity index (χ4n) is 3.27. The lowest BCUT2D eigenvalue weighted by atomic mass is 9.99. The van der Waals surface area contributed by atoms with E-state index in [1.54, 1.807) is 18.3 Å². The molecule has 29 heavy (non-hydrogen) atoms. The molecule has 2 aromatic carbocycles. The molecule has 0 spiro atoms. The van der Waals surface area contributed by atoms with Gasteiger partial charge in [0.1, 0.15) is 11.6 Å².